The molecule has 2 aliphatic rings. The molecule has 1 amide bonds. The number of allylic oxidation sites excluding steroid dienone is 1. The highest BCUT2D eigenvalue weighted by Crippen LogP contribution is 2.20. The van der Waals surface area contributed by atoms with E-state index in [9.17, 15) is 14.4 Å². The molecule has 1 N–H and O–H groups in total. The summed E-state index contributed by atoms with van der Waals surface area (Å²) in [6.07, 6.45) is 11.2. The molecule has 4 atom stereocenters. The minimum Gasteiger partial charge on any atom is -0.465 e. The number of ketones is 1. The number of carbonyl (C=O) groups is 3. The Hall–Kier alpha value is -2.18. The van der Waals surface area contributed by atoms with Crippen molar-refractivity contribution in [1.82, 2.24) is 5.32 Å². The standard InChI is InChI=1S/C23H36N2O5/c1-17-8-6-16-29-22(27)18(2)7-4-3-5-9-20(21(17)26)30-23(28)25-15-12-19-10-13-24-14-11-19/h10,13-14,17-20H,3-9,11-12,15-16H2,1-2H3,(H,25,28). The van der Waals surface area contributed by atoms with Crippen molar-refractivity contribution in [3.05, 3.63) is 12.3 Å². The van der Waals surface area contributed by atoms with E-state index in [1.165, 1.54) is 0 Å². The van der Waals surface area contributed by atoms with Crippen LogP contribution in [0.15, 0.2) is 17.3 Å². The summed E-state index contributed by atoms with van der Waals surface area (Å²) < 4.78 is 10.8. The highest BCUT2D eigenvalue weighted by molar-refractivity contribution is 5.87. The average molecular weight is 421 g/mol. The average Bonchev–Trinajstić information content (AvgIpc) is 2.74. The summed E-state index contributed by atoms with van der Waals surface area (Å²) in [5.41, 5.74) is 0. The largest absolute Gasteiger partial charge is 0.465 e. The molecule has 4 unspecified atom stereocenters. The topological polar surface area (TPSA) is 94.1 Å². The summed E-state index contributed by atoms with van der Waals surface area (Å²) in [6, 6.07) is 0. The van der Waals surface area contributed by atoms with Crippen molar-refractivity contribution >= 4 is 24.1 Å². The maximum absolute atomic E-state index is 12.9. The molecule has 2 heterocycles. The predicted molar refractivity (Wildman–Crippen MR) is 115 cm³/mol. The lowest BCUT2D eigenvalue weighted by molar-refractivity contribution is -0.148. The molecule has 0 aromatic rings. The zero-order valence-electron chi connectivity index (χ0n) is 18.3. The quantitative estimate of drug-likeness (QED) is 0.688. The van der Waals surface area contributed by atoms with Crippen molar-refractivity contribution in [2.45, 2.75) is 77.7 Å². The number of nitrogens with one attached hydrogen (secondary N) is 1. The maximum atomic E-state index is 12.9. The molecule has 1 saturated heterocycles. The van der Waals surface area contributed by atoms with Gasteiger partial charge >= 0.3 is 12.1 Å². The van der Waals surface area contributed by atoms with Gasteiger partial charge in [0.2, 0.25) is 0 Å². The molecular formula is C23H36N2O5. The van der Waals surface area contributed by atoms with E-state index >= 15 is 0 Å². The molecule has 168 valence electrons. The first-order valence-corrected chi connectivity index (χ1v) is 11.3. The van der Waals surface area contributed by atoms with Gasteiger partial charge in [-0.2, -0.15) is 0 Å². The Kier molecular flexibility index (Phi) is 10.6. The Balaban J connectivity index is 1.83. The maximum Gasteiger partial charge on any atom is 0.407 e. The van der Waals surface area contributed by atoms with Crippen LogP contribution in [0.25, 0.3) is 0 Å². The van der Waals surface area contributed by atoms with Gasteiger partial charge in [-0.1, -0.05) is 32.8 Å². The lowest BCUT2D eigenvalue weighted by atomic mass is 9.93. The lowest BCUT2D eigenvalue weighted by Crippen LogP contribution is -2.36. The van der Waals surface area contributed by atoms with Crippen LogP contribution >= 0.6 is 0 Å². The lowest BCUT2D eigenvalue weighted by Gasteiger charge is -2.22. The number of rotatable bonds is 4. The first kappa shape index (κ1) is 24.1. The second kappa shape index (κ2) is 13.2. The summed E-state index contributed by atoms with van der Waals surface area (Å²) in [4.78, 5) is 41.1. The molecule has 2 rings (SSSR count). The monoisotopic (exact) mass is 420 g/mol. The van der Waals surface area contributed by atoms with Gasteiger partial charge in [-0.15, -0.1) is 0 Å². The Bertz CT molecular complexity index is 631. The molecule has 0 saturated carbocycles. The van der Waals surface area contributed by atoms with E-state index in [4.69, 9.17) is 9.47 Å². The van der Waals surface area contributed by atoms with Crippen molar-refractivity contribution in [3.63, 3.8) is 0 Å². The van der Waals surface area contributed by atoms with E-state index in [2.05, 4.69) is 10.3 Å². The predicted octanol–water partition coefficient (Wildman–Crippen LogP) is 4.20. The highest BCUT2D eigenvalue weighted by Gasteiger charge is 2.27. The van der Waals surface area contributed by atoms with Crippen LogP contribution < -0.4 is 5.32 Å². The molecule has 0 aliphatic carbocycles. The summed E-state index contributed by atoms with van der Waals surface area (Å²) >= 11 is 0. The van der Waals surface area contributed by atoms with Crippen LogP contribution in [0.5, 0.6) is 0 Å². The molecule has 7 heteroatoms. The molecule has 1 fully saturated rings. The van der Waals surface area contributed by atoms with Crippen LogP contribution in [0.2, 0.25) is 0 Å². The van der Waals surface area contributed by atoms with Gasteiger partial charge in [-0.25, -0.2) is 4.79 Å². The third-order valence-electron chi connectivity index (χ3n) is 5.83. The smallest absolute Gasteiger partial charge is 0.407 e. The molecule has 0 bridgehead atoms. The van der Waals surface area contributed by atoms with Gasteiger partial charge in [0.15, 0.2) is 11.9 Å². The number of hydrogen-bond donors (Lipinski definition) is 1. The van der Waals surface area contributed by atoms with E-state index in [1.807, 2.05) is 26.1 Å². The first-order chi connectivity index (χ1) is 14.5. The minimum absolute atomic E-state index is 0.0478. The molecule has 2 aliphatic heterocycles. The Morgan fingerprint density at radius 3 is 2.67 bits per heavy atom. The van der Waals surface area contributed by atoms with E-state index in [0.29, 0.717) is 38.3 Å². The molecule has 7 nitrogen and oxygen atoms in total. The number of Topliss-reactive ketones (excluding diaryl/α,β-unsaturated/α-hetero) is 1. The fourth-order valence-corrected chi connectivity index (χ4v) is 3.75. The third-order valence-corrected chi connectivity index (χ3v) is 5.83. The second-order valence-corrected chi connectivity index (χ2v) is 8.43. The van der Waals surface area contributed by atoms with Crippen molar-refractivity contribution in [2.75, 3.05) is 13.2 Å². The Morgan fingerprint density at radius 2 is 1.90 bits per heavy atom. The number of ether oxygens (including phenoxy) is 2. The zero-order chi connectivity index (χ0) is 21.8. The molecule has 0 aromatic carbocycles. The number of aliphatic imine (C=N–C) groups is 1. The summed E-state index contributed by atoms with van der Waals surface area (Å²) in [6.45, 7) is 4.57. The molecular weight excluding hydrogens is 384 g/mol. The molecule has 30 heavy (non-hydrogen) atoms. The Morgan fingerprint density at radius 1 is 1.13 bits per heavy atom. The first-order valence-electron chi connectivity index (χ1n) is 11.3. The number of cyclic esters (lactones) is 1. The fourth-order valence-electron chi connectivity index (χ4n) is 3.75. The number of nitrogens with zero attached hydrogens (tertiary/aromatic N) is 1. The Labute approximate surface area is 179 Å². The summed E-state index contributed by atoms with van der Waals surface area (Å²) in [5.74, 6) is -0.174. The fraction of sp³-hybridized carbons (Fsp3) is 0.739. The number of alkyl carbamates (subject to hydrolysis) is 1. The summed E-state index contributed by atoms with van der Waals surface area (Å²) in [7, 11) is 0. The van der Waals surface area contributed by atoms with Crippen molar-refractivity contribution in [3.8, 4) is 0 Å². The van der Waals surface area contributed by atoms with E-state index in [-0.39, 0.29) is 23.6 Å². The van der Waals surface area contributed by atoms with Crippen molar-refractivity contribution in [1.29, 1.82) is 0 Å². The zero-order valence-corrected chi connectivity index (χ0v) is 18.3. The van der Waals surface area contributed by atoms with Crippen molar-refractivity contribution < 1.29 is 23.9 Å². The summed E-state index contributed by atoms with van der Waals surface area (Å²) in [5, 5.41) is 2.78. The van der Waals surface area contributed by atoms with Gasteiger partial charge in [0.1, 0.15) is 0 Å². The van der Waals surface area contributed by atoms with E-state index < -0.39 is 12.2 Å². The number of esters is 1. The van der Waals surface area contributed by atoms with Crippen LogP contribution in [0, 0.1) is 17.8 Å². The van der Waals surface area contributed by atoms with Crippen LogP contribution in [0.3, 0.4) is 0 Å². The van der Waals surface area contributed by atoms with Gasteiger partial charge < -0.3 is 14.8 Å². The van der Waals surface area contributed by atoms with Gasteiger partial charge in [0.05, 0.1) is 12.5 Å². The molecule has 0 radical (unpaired) electrons. The third kappa shape index (κ3) is 8.67. The van der Waals surface area contributed by atoms with Gasteiger partial charge in [0, 0.05) is 24.9 Å². The van der Waals surface area contributed by atoms with Gasteiger partial charge in [-0.3, -0.25) is 14.6 Å². The number of hydrogen-bond acceptors (Lipinski definition) is 6. The molecule has 0 aromatic heterocycles. The van der Waals surface area contributed by atoms with Crippen LogP contribution in [0.1, 0.15) is 71.6 Å². The van der Waals surface area contributed by atoms with Crippen LogP contribution in [0.4, 0.5) is 4.79 Å². The molecule has 0 spiro atoms. The van der Waals surface area contributed by atoms with Gasteiger partial charge in [0.25, 0.3) is 0 Å². The normalized spacial score (nSPS) is 29.0. The second-order valence-electron chi connectivity index (χ2n) is 8.43. The number of carbonyl (C=O) groups excluding carboxylic acids is 3. The number of amides is 1. The SMILES string of the molecule is CC1CCCCCC(OC(=O)NCCC2C=CN=CC2)C(=O)C(C)CCCOC1=O. The van der Waals surface area contributed by atoms with E-state index in [1.54, 1.807) is 6.20 Å². The van der Waals surface area contributed by atoms with Crippen LogP contribution in [-0.4, -0.2) is 43.3 Å². The van der Waals surface area contributed by atoms with Crippen LogP contribution in [-0.2, 0) is 19.1 Å². The van der Waals surface area contributed by atoms with Gasteiger partial charge in [-0.05, 0) is 50.9 Å². The highest BCUT2D eigenvalue weighted by atomic mass is 16.6. The van der Waals surface area contributed by atoms with E-state index in [0.717, 1.165) is 38.5 Å². The van der Waals surface area contributed by atoms with Crippen molar-refractivity contribution in [2.24, 2.45) is 22.7 Å². The minimum atomic E-state index is -0.718.